The number of furan rings is 1. The van der Waals surface area contributed by atoms with Gasteiger partial charge in [-0.2, -0.15) is 0 Å². The Kier molecular flexibility index (Phi) is 2.70. The van der Waals surface area contributed by atoms with Gasteiger partial charge in [0, 0.05) is 5.56 Å². The van der Waals surface area contributed by atoms with Gasteiger partial charge in [-0.05, 0) is 39.7 Å². The molecule has 1 heterocycles. The molecule has 0 unspecified atom stereocenters. The van der Waals surface area contributed by atoms with Crippen LogP contribution in [-0.2, 0) is 6.61 Å². The second-order valence-electron chi connectivity index (χ2n) is 2.96. The van der Waals surface area contributed by atoms with Crippen LogP contribution >= 0.6 is 15.9 Å². The van der Waals surface area contributed by atoms with Crippen LogP contribution < -0.4 is 0 Å². The van der Waals surface area contributed by atoms with Crippen LogP contribution in [0.25, 0.3) is 11.3 Å². The van der Waals surface area contributed by atoms with E-state index < -0.39 is 0 Å². The molecule has 0 saturated heterocycles. The molecule has 1 N–H and O–H groups in total. The van der Waals surface area contributed by atoms with E-state index in [4.69, 9.17) is 9.52 Å². The van der Waals surface area contributed by atoms with Crippen LogP contribution in [0.5, 0.6) is 0 Å². The number of benzene rings is 1. The maximum absolute atomic E-state index is 8.97. The third-order valence-electron chi connectivity index (χ3n) is 1.97. The summed E-state index contributed by atoms with van der Waals surface area (Å²) in [7, 11) is 0. The zero-order valence-electron chi connectivity index (χ0n) is 7.40. The van der Waals surface area contributed by atoms with Gasteiger partial charge in [-0.1, -0.05) is 18.2 Å². The molecule has 0 bridgehead atoms. The average Bonchev–Trinajstić information content (AvgIpc) is 2.65. The Hall–Kier alpha value is -1.06. The molecule has 0 fully saturated rings. The third-order valence-corrected chi connectivity index (χ3v) is 2.39. The number of rotatable bonds is 2. The molecule has 2 nitrogen and oxygen atoms in total. The first-order valence-corrected chi connectivity index (χ1v) is 5.04. The van der Waals surface area contributed by atoms with E-state index in [0.29, 0.717) is 4.67 Å². The standard InChI is InChI=1S/C11H9BrO2/c12-11-5-4-10(14-11)9-3-1-2-8(6-9)7-13/h1-6,13H,7H2. The van der Waals surface area contributed by atoms with Crippen molar-refractivity contribution in [2.45, 2.75) is 6.61 Å². The van der Waals surface area contributed by atoms with Gasteiger partial charge in [0.15, 0.2) is 4.67 Å². The van der Waals surface area contributed by atoms with Crippen molar-refractivity contribution in [1.29, 1.82) is 0 Å². The highest BCUT2D eigenvalue weighted by molar-refractivity contribution is 9.10. The molecule has 2 aromatic rings. The largest absolute Gasteiger partial charge is 0.449 e. The summed E-state index contributed by atoms with van der Waals surface area (Å²) in [5.41, 5.74) is 1.86. The van der Waals surface area contributed by atoms with Crippen molar-refractivity contribution in [2.75, 3.05) is 0 Å². The van der Waals surface area contributed by atoms with Crippen molar-refractivity contribution in [3.8, 4) is 11.3 Å². The van der Waals surface area contributed by atoms with E-state index in [1.807, 2.05) is 36.4 Å². The lowest BCUT2D eigenvalue weighted by molar-refractivity contribution is 0.282. The zero-order valence-corrected chi connectivity index (χ0v) is 8.99. The van der Waals surface area contributed by atoms with Crippen LogP contribution in [-0.4, -0.2) is 5.11 Å². The van der Waals surface area contributed by atoms with E-state index in [2.05, 4.69) is 15.9 Å². The van der Waals surface area contributed by atoms with Gasteiger partial charge in [0.25, 0.3) is 0 Å². The molecular weight excluding hydrogens is 244 g/mol. The van der Waals surface area contributed by atoms with Gasteiger partial charge in [-0.15, -0.1) is 0 Å². The molecule has 1 aromatic carbocycles. The van der Waals surface area contributed by atoms with Gasteiger partial charge < -0.3 is 9.52 Å². The summed E-state index contributed by atoms with van der Waals surface area (Å²) >= 11 is 3.25. The van der Waals surface area contributed by atoms with Crippen molar-refractivity contribution in [1.82, 2.24) is 0 Å². The minimum atomic E-state index is 0.0513. The highest BCUT2D eigenvalue weighted by Crippen LogP contribution is 2.25. The monoisotopic (exact) mass is 252 g/mol. The van der Waals surface area contributed by atoms with Crippen molar-refractivity contribution in [2.24, 2.45) is 0 Å². The summed E-state index contributed by atoms with van der Waals surface area (Å²) < 4.78 is 6.11. The first-order valence-electron chi connectivity index (χ1n) is 4.25. The molecule has 72 valence electrons. The van der Waals surface area contributed by atoms with Gasteiger partial charge in [0.05, 0.1) is 6.61 Å². The molecule has 3 heteroatoms. The minimum absolute atomic E-state index is 0.0513. The molecule has 0 amide bonds. The highest BCUT2D eigenvalue weighted by Gasteiger charge is 2.03. The Morgan fingerprint density at radius 3 is 2.71 bits per heavy atom. The summed E-state index contributed by atoms with van der Waals surface area (Å²) in [6, 6.07) is 11.4. The SMILES string of the molecule is OCc1cccc(-c2ccc(Br)o2)c1. The van der Waals surface area contributed by atoms with Crippen LogP contribution in [0.1, 0.15) is 5.56 Å². The fourth-order valence-electron chi connectivity index (χ4n) is 1.29. The lowest BCUT2D eigenvalue weighted by atomic mass is 10.1. The molecule has 0 aliphatic carbocycles. The summed E-state index contributed by atoms with van der Waals surface area (Å²) in [6.07, 6.45) is 0. The Morgan fingerprint density at radius 1 is 1.21 bits per heavy atom. The number of halogens is 1. The molecular formula is C11H9BrO2. The smallest absolute Gasteiger partial charge is 0.169 e. The van der Waals surface area contributed by atoms with Crippen LogP contribution in [0.2, 0.25) is 0 Å². The lowest BCUT2D eigenvalue weighted by Gasteiger charge is -1.99. The Balaban J connectivity index is 2.41. The normalized spacial score (nSPS) is 10.4. The van der Waals surface area contributed by atoms with E-state index in [1.54, 1.807) is 0 Å². The van der Waals surface area contributed by atoms with Gasteiger partial charge in [-0.3, -0.25) is 0 Å². The highest BCUT2D eigenvalue weighted by atomic mass is 79.9. The predicted molar refractivity (Wildman–Crippen MR) is 57.8 cm³/mol. The quantitative estimate of drug-likeness (QED) is 0.891. The Morgan fingerprint density at radius 2 is 2.07 bits per heavy atom. The first kappa shape index (κ1) is 9.49. The lowest BCUT2D eigenvalue weighted by Crippen LogP contribution is -1.82. The van der Waals surface area contributed by atoms with Crippen molar-refractivity contribution < 1.29 is 9.52 Å². The molecule has 1 aromatic heterocycles. The first-order chi connectivity index (χ1) is 6.79. The van der Waals surface area contributed by atoms with Gasteiger partial charge >= 0.3 is 0 Å². The second kappa shape index (κ2) is 3.98. The van der Waals surface area contributed by atoms with Gasteiger partial charge in [0.2, 0.25) is 0 Å². The average molecular weight is 253 g/mol. The fourth-order valence-corrected chi connectivity index (χ4v) is 1.60. The van der Waals surface area contributed by atoms with Crippen molar-refractivity contribution in [3.05, 3.63) is 46.6 Å². The van der Waals surface area contributed by atoms with E-state index in [0.717, 1.165) is 16.9 Å². The number of aliphatic hydroxyl groups is 1. The molecule has 0 saturated carbocycles. The van der Waals surface area contributed by atoms with Gasteiger partial charge in [-0.25, -0.2) is 0 Å². The third kappa shape index (κ3) is 1.89. The molecule has 14 heavy (non-hydrogen) atoms. The maximum atomic E-state index is 8.97. The fraction of sp³-hybridized carbons (Fsp3) is 0.0909. The van der Waals surface area contributed by atoms with E-state index in [1.165, 1.54) is 0 Å². The molecule has 0 atom stereocenters. The minimum Gasteiger partial charge on any atom is -0.449 e. The number of hydrogen-bond acceptors (Lipinski definition) is 2. The molecule has 0 aliphatic rings. The summed E-state index contributed by atoms with van der Waals surface area (Å²) in [5.74, 6) is 0.798. The molecule has 0 aliphatic heterocycles. The van der Waals surface area contributed by atoms with Crippen LogP contribution in [0.4, 0.5) is 0 Å². The second-order valence-corrected chi connectivity index (χ2v) is 3.74. The van der Waals surface area contributed by atoms with Crippen LogP contribution in [0, 0.1) is 0 Å². The summed E-state index contributed by atoms with van der Waals surface area (Å²) in [6.45, 7) is 0.0513. The maximum Gasteiger partial charge on any atom is 0.169 e. The molecule has 2 rings (SSSR count). The van der Waals surface area contributed by atoms with Crippen LogP contribution in [0.3, 0.4) is 0 Å². The van der Waals surface area contributed by atoms with Crippen molar-refractivity contribution in [3.63, 3.8) is 0 Å². The summed E-state index contributed by atoms with van der Waals surface area (Å²) in [5, 5.41) is 8.97. The molecule has 0 radical (unpaired) electrons. The Labute approximate surface area is 90.3 Å². The van der Waals surface area contributed by atoms with Gasteiger partial charge in [0.1, 0.15) is 5.76 Å². The predicted octanol–water partition coefficient (Wildman–Crippen LogP) is 3.20. The van der Waals surface area contributed by atoms with E-state index >= 15 is 0 Å². The van der Waals surface area contributed by atoms with Crippen molar-refractivity contribution >= 4 is 15.9 Å². The number of hydrogen-bond donors (Lipinski definition) is 1. The number of aliphatic hydroxyl groups excluding tert-OH is 1. The topological polar surface area (TPSA) is 33.4 Å². The van der Waals surface area contributed by atoms with Crippen LogP contribution in [0.15, 0.2) is 45.5 Å². The van der Waals surface area contributed by atoms with E-state index in [9.17, 15) is 0 Å². The van der Waals surface area contributed by atoms with E-state index in [-0.39, 0.29) is 6.61 Å². The Bertz CT molecular complexity index is 434. The molecule has 0 spiro atoms. The zero-order chi connectivity index (χ0) is 9.97. The summed E-state index contributed by atoms with van der Waals surface area (Å²) in [4.78, 5) is 0.